The Morgan fingerprint density at radius 2 is 2.11 bits per heavy atom. The number of aliphatic carboxylic acids is 1. The van der Waals surface area contributed by atoms with E-state index < -0.39 is 5.97 Å². The van der Waals surface area contributed by atoms with Crippen molar-refractivity contribution in [2.75, 3.05) is 13.1 Å². The van der Waals surface area contributed by atoms with Gasteiger partial charge in [0.1, 0.15) is 0 Å². The molecule has 1 N–H and O–H groups in total. The molecule has 2 heterocycles. The summed E-state index contributed by atoms with van der Waals surface area (Å²) in [4.78, 5) is 13.0. The highest BCUT2D eigenvalue weighted by molar-refractivity contribution is 5.71. The van der Waals surface area contributed by atoms with Crippen LogP contribution < -0.4 is 0 Å². The average molecular weight is 251 g/mol. The number of carboxylic acid groups (broad SMARTS) is 1. The summed E-state index contributed by atoms with van der Waals surface area (Å²) in [6, 6.07) is 0.251. The van der Waals surface area contributed by atoms with E-state index >= 15 is 0 Å². The maximum Gasteiger partial charge on any atom is 0.309 e. The third-order valence-corrected chi connectivity index (χ3v) is 3.96. The van der Waals surface area contributed by atoms with E-state index in [1.165, 1.54) is 11.3 Å². The van der Waals surface area contributed by atoms with Crippen molar-refractivity contribution in [3.8, 4) is 0 Å². The van der Waals surface area contributed by atoms with Gasteiger partial charge in [0.2, 0.25) is 0 Å². The number of aryl methyl sites for hydroxylation is 2. The predicted octanol–water partition coefficient (Wildman–Crippen LogP) is 1.60. The Morgan fingerprint density at radius 1 is 1.50 bits per heavy atom. The van der Waals surface area contributed by atoms with Crippen molar-refractivity contribution in [3.05, 3.63) is 17.0 Å². The van der Waals surface area contributed by atoms with E-state index in [2.05, 4.69) is 30.8 Å². The molecule has 0 aliphatic carbocycles. The zero-order valence-corrected chi connectivity index (χ0v) is 11.5. The molecule has 1 aromatic heterocycles. The molecule has 18 heavy (non-hydrogen) atoms. The topological polar surface area (TPSA) is 58.4 Å². The van der Waals surface area contributed by atoms with Crippen LogP contribution in [0.5, 0.6) is 0 Å². The molecule has 1 saturated heterocycles. The van der Waals surface area contributed by atoms with Crippen LogP contribution in [-0.4, -0.2) is 38.8 Å². The minimum Gasteiger partial charge on any atom is -0.481 e. The van der Waals surface area contributed by atoms with Crippen LogP contribution in [-0.2, 0) is 11.3 Å². The highest BCUT2D eigenvalue weighted by atomic mass is 16.4. The number of aromatic nitrogens is 2. The highest BCUT2D eigenvalue weighted by Crippen LogP contribution is 2.31. The minimum absolute atomic E-state index is 0.200. The van der Waals surface area contributed by atoms with Crippen LogP contribution in [0.15, 0.2) is 0 Å². The van der Waals surface area contributed by atoms with Gasteiger partial charge in [0.15, 0.2) is 0 Å². The van der Waals surface area contributed by atoms with Crippen molar-refractivity contribution >= 4 is 5.97 Å². The molecule has 5 nitrogen and oxygen atoms in total. The number of carbonyl (C=O) groups is 1. The summed E-state index contributed by atoms with van der Waals surface area (Å²) in [7, 11) is 0. The molecule has 0 radical (unpaired) electrons. The van der Waals surface area contributed by atoms with Crippen molar-refractivity contribution in [1.29, 1.82) is 0 Å². The zero-order chi connectivity index (χ0) is 13.4. The molecule has 1 aromatic rings. The molecule has 1 atom stereocenters. The summed E-state index contributed by atoms with van der Waals surface area (Å²) in [6.45, 7) is 10.5. The number of rotatable bonds is 4. The maximum atomic E-state index is 10.8. The molecule has 5 heteroatoms. The number of hydrogen-bond acceptors (Lipinski definition) is 3. The lowest BCUT2D eigenvalue weighted by atomic mass is 9.94. The molecule has 2 rings (SSSR count). The van der Waals surface area contributed by atoms with E-state index in [0.717, 1.165) is 12.2 Å². The lowest BCUT2D eigenvalue weighted by Crippen LogP contribution is -2.51. The molecule has 0 amide bonds. The fraction of sp³-hybridized carbons (Fsp3) is 0.692. The third-order valence-electron chi connectivity index (χ3n) is 3.96. The van der Waals surface area contributed by atoms with Crippen LogP contribution >= 0.6 is 0 Å². The first-order chi connectivity index (χ1) is 8.45. The lowest BCUT2D eigenvalue weighted by Gasteiger charge is -2.41. The van der Waals surface area contributed by atoms with Crippen LogP contribution in [0.25, 0.3) is 0 Å². The largest absolute Gasteiger partial charge is 0.481 e. The summed E-state index contributed by atoms with van der Waals surface area (Å²) in [6.07, 6.45) is 0. The first kappa shape index (κ1) is 13.1. The van der Waals surface area contributed by atoms with Gasteiger partial charge in [0, 0.05) is 36.9 Å². The van der Waals surface area contributed by atoms with Crippen LogP contribution in [0.3, 0.4) is 0 Å². The molecule has 1 fully saturated rings. The SMILES string of the molecule is CCn1nc(C)c(C(C)N2CC(C(=O)O)C2)c1C. The summed E-state index contributed by atoms with van der Waals surface area (Å²) in [5.41, 5.74) is 3.50. The first-order valence-corrected chi connectivity index (χ1v) is 6.46. The summed E-state index contributed by atoms with van der Waals surface area (Å²) in [5.74, 6) is -0.884. The Labute approximate surface area is 107 Å². The molecule has 0 bridgehead atoms. The van der Waals surface area contributed by atoms with E-state index in [1.54, 1.807) is 0 Å². The van der Waals surface area contributed by atoms with Gasteiger partial charge in [-0.3, -0.25) is 14.4 Å². The molecule has 100 valence electrons. The van der Waals surface area contributed by atoms with Gasteiger partial charge < -0.3 is 5.11 Å². The highest BCUT2D eigenvalue weighted by Gasteiger charge is 2.37. The monoisotopic (exact) mass is 251 g/mol. The van der Waals surface area contributed by atoms with Crippen LogP contribution in [0.2, 0.25) is 0 Å². The molecule has 0 spiro atoms. The lowest BCUT2D eigenvalue weighted by molar-refractivity contribution is -0.148. The van der Waals surface area contributed by atoms with Gasteiger partial charge in [0.25, 0.3) is 0 Å². The fourth-order valence-corrected chi connectivity index (χ4v) is 2.79. The molecule has 1 aliphatic rings. The minimum atomic E-state index is -0.684. The van der Waals surface area contributed by atoms with E-state index in [9.17, 15) is 4.79 Å². The van der Waals surface area contributed by atoms with E-state index in [0.29, 0.717) is 13.1 Å². The Balaban J connectivity index is 2.13. The van der Waals surface area contributed by atoms with E-state index in [4.69, 9.17) is 5.11 Å². The van der Waals surface area contributed by atoms with Crippen molar-refractivity contribution < 1.29 is 9.90 Å². The van der Waals surface area contributed by atoms with Gasteiger partial charge in [-0.05, 0) is 27.7 Å². The number of hydrogen-bond donors (Lipinski definition) is 1. The van der Waals surface area contributed by atoms with Crippen LogP contribution in [0, 0.1) is 19.8 Å². The van der Waals surface area contributed by atoms with Gasteiger partial charge in [-0.1, -0.05) is 0 Å². The van der Waals surface area contributed by atoms with Crippen LogP contribution in [0.1, 0.15) is 36.8 Å². The Bertz CT molecular complexity index is 461. The first-order valence-electron chi connectivity index (χ1n) is 6.46. The van der Waals surface area contributed by atoms with Crippen molar-refractivity contribution in [2.24, 2.45) is 5.92 Å². The quantitative estimate of drug-likeness (QED) is 0.883. The van der Waals surface area contributed by atoms with Gasteiger partial charge in [-0.15, -0.1) is 0 Å². The number of likely N-dealkylation sites (tertiary alicyclic amines) is 1. The molecule has 1 aliphatic heterocycles. The molecular weight excluding hydrogens is 230 g/mol. The van der Waals surface area contributed by atoms with Gasteiger partial charge in [-0.25, -0.2) is 0 Å². The standard InChI is InChI=1S/C13H21N3O2/c1-5-16-10(4)12(8(2)14-16)9(3)15-6-11(7-15)13(17)18/h9,11H,5-7H2,1-4H3,(H,17,18). The summed E-state index contributed by atoms with van der Waals surface area (Å²) in [5, 5.41) is 13.4. The predicted molar refractivity (Wildman–Crippen MR) is 68.5 cm³/mol. The van der Waals surface area contributed by atoms with Crippen molar-refractivity contribution in [3.63, 3.8) is 0 Å². The molecular formula is C13H21N3O2. The van der Waals surface area contributed by atoms with Gasteiger partial charge >= 0.3 is 5.97 Å². The smallest absolute Gasteiger partial charge is 0.309 e. The number of nitrogens with zero attached hydrogens (tertiary/aromatic N) is 3. The maximum absolute atomic E-state index is 10.8. The fourth-order valence-electron chi connectivity index (χ4n) is 2.79. The van der Waals surface area contributed by atoms with E-state index in [-0.39, 0.29) is 12.0 Å². The van der Waals surface area contributed by atoms with Gasteiger partial charge in [0.05, 0.1) is 11.6 Å². The molecule has 0 saturated carbocycles. The van der Waals surface area contributed by atoms with Crippen LogP contribution in [0.4, 0.5) is 0 Å². The summed E-state index contributed by atoms with van der Waals surface area (Å²) < 4.78 is 2.01. The normalized spacial score (nSPS) is 18.7. The second kappa shape index (κ2) is 4.72. The second-order valence-corrected chi connectivity index (χ2v) is 5.07. The number of carboxylic acids is 1. The second-order valence-electron chi connectivity index (χ2n) is 5.07. The van der Waals surface area contributed by atoms with Crippen molar-refractivity contribution in [1.82, 2.24) is 14.7 Å². The molecule has 1 unspecified atom stereocenters. The summed E-state index contributed by atoms with van der Waals surface area (Å²) >= 11 is 0. The van der Waals surface area contributed by atoms with Crippen molar-refractivity contribution in [2.45, 2.75) is 40.3 Å². The zero-order valence-electron chi connectivity index (χ0n) is 11.5. The Hall–Kier alpha value is -1.36. The van der Waals surface area contributed by atoms with E-state index in [1.807, 2.05) is 11.6 Å². The average Bonchev–Trinajstić information content (AvgIpc) is 2.50. The Kier molecular flexibility index (Phi) is 3.43. The third kappa shape index (κ3) is 2.03. The molecule has 0 aromatic carbocycles. The Morgan fingerprint density at radius 3 is 2.56 bits per heavy atom. The van der Waals surface area contributed by atoms with Gasteiger partial charge in [-0.2, -0.15) is 5.10 Å².